The zero-order chi connectivity index (χ0) is 33.7. The van der Waals surface area contributed by atoms with E-state index in [0.29, 0.717) is 0 Å². The van der Waals surface area contributed by atoms with Crippen LogP contribution in [0.3, 0.4) is 0 Å². The average Bonchev–Trinajstić information content (AvgIpc) is 3.78. The van der Waals surface area contributed by atoms with Crippen molar-refractivity contribution in [1.82, 2.24) is 9.97 Å². The van der Waals surface area contributed by atoms with Crippen molar-refractivity contribution < 1.29 is 8.83 Å². The van der Waals surface area contributed by atoms with Crippen LogP contribution in [0.4, 0.5) is 17.1 Å². The van der Waals surface area contributed by atoms with Crippen molar-refractivity contribution in [3.63, 3.8) is 0 Å². The standard InChI is InChI=1S/C46H29N3O2/c1-2-8-30(9-3-1)31-14-20-34(21-15-31)49(35-22-16-32(17-23-35)37-26-28-47-43-39-10-4-6-12-41(39)50-45(37)43)36-24-18-33(19-25-36)38-27-29-48-44-40-11-5-7-13-42(40)51-46(38)44/h1-29H. The van der Waals surface area contributed by atoms with Crippen LogP contribution in [0.5, 0.6) is 0 Å². The van der Waals surface area contributed by atoms with Gasteiger partial charge in [0, 0.05) is 51.4 Å². The predicted octanol–water partition coefficient (Wildman–Crippen LogP) is 12.7. The van der Waals surface area contributed by atoms with Gasteiger partial charge in [-0.1, -0.05) is 91.0 Å². The van der Waals surface area contributed by atoms with Crippen molar-refractivity contribution in [3.05, 3.63) is 176 Å². The van der Waals surface area contributed by atoms with E-state index in [-0.39, 0.29) is 0 Å². The molecule has 0 bridgehead atoms. The number of hydrogen-bond acceptors (Lipinski definition) is 5. The first-order valence-corrected chi connectivity index (χ1v) is 17.0. The summed E-state index contributed by atoms with van der Waals surface area (Å²) >= 11 is 0. The Kier molecular flexibility index (Phi) is 6.74. The van der Waals surface area contributed by atoms with Gasteiger partial charge in [-0.3, -0.25) is 9.97 Å². The molecular weight excluding hydrogens is 627 g/mol. The van der Waals surface area contributed by atoms with E-state index >= 15 is 0 Å². The van der Waals surface area contributed by atoms with E-state index in [1.165, 1.54) is 11.1 Å². The van der Waals surface area contributed by atoms with Crippen LogP contribution >= 0.6 is 0 Å². The van der Waals surface area contributed by atoms with Crippen LogP contribution in [0.2, 0.25) is 0 Å². The van der Waals surface area contributed by atoms with Gasteiger partial charge in [0.1, 0.15) is 22.2 Å². The second-order valence-corrected chi connectivity index (χ2v) is 12.6. The lowest BCUT2D eigenvalue weighted by Crippen LogP contribution is -2.09. The van der Waals surface area contributed by atoms with Gasteiger partial charge in [0.05, 0.1) is 0 Å². The van der Waals surface area contributed by atoms with Crippen LogP contribution < -0.4 is 4.90 Å². The highest BCUT2D eigenvalue weighted by Crippen LogP contribution is 2.40. The molecule has 0 fully saturated rings. The Morgan fingerprint density at radius 3 is 1.22 bits per heavy atom. The van der Waals surface area contributed by atoms with Crippen molar-refractivity contribution in [3.8, 4) is 33.4 Å². The topological polar surface area (TPSA) is 55.3 Å². The maximum atomic E-state index is 6.31. The van der Waals surface area contributed by atoms with Gasteiger partial charge in [-0.05, 0) is 95.1 Å². The number of pyridine rings is 2. The fourth-order valence-corrected chi connectivity index (χ4v) is 7.12. The summed E-state index contributed by atoms with van der Waals surface area (Å²) in [5, 5.41) is 2.04. The molecule has 0 saturated heterocycles. The quantitative estimate of drug-likeness (QED) is 0.178. The minimum Gasteiger partial charge on any atom is -0.454 e. The van der Waals surface area contributed by atoms with E-state index in [0.717, 1.165) is 83.5 Å². The largest absolute Gasteiger partial charge is 0.454 e. The molecule has 0 amide bonds. The van der Waals surface area contributed by atoms with Gasteiger partial charge >= 0.3 is 0 Å². The molecular formula is C46H29N3O2. The summed E-state index contributed by atoms with van der Waals surface area (Å²) in [5.74, 6) is 0. The third-order valence-corrected chi connectivity index (χ3v) is 9.62. The number of benzene rings is 6. The Morgan fingerprint density at radius 1 is 0.353 bits per heavy atom. The maximum absolute atomic E-state index is 6.31. The zero-order valence-electron chi connectivity index (χ0n) is 27.4. The van der Waals surface area contributed by atoms with Gasteiger partial charge in [0.15, 0.2) is 11.2 Å². The lowest BCUT2D eigenvalue weighted by molar-refractivity contribution is 0.669. The molecule has 0 aliphatic heterocycles. The van der Waals surface area contributed by atoms with E-state index in [1.807, 2.05) is 67.0 Å². The van der Waals surface area contributed by atoms with Gasteiger partial charge in [0.25, 0.3) is 0 Å². The Morgan fingerprint density at radius 2 is 0.745 bits per heavy atom. The number of aromatic nitrogens is 2. The molecule has 4 aromatic heterocycles. The van der Waals surface area contributed by atoms with Crippen molar-refractivity contribution in [1.29, 1.82) is 0 Å². The van der Waals surface area contributed by atoms with Crippen LogP contribution in [0.15, 0.2) is 185 Å². The molecule has 240 valence electrons. The van der Waals surface area contributed by atoms with E-state index in [4.69, 9.17) is 8.83 Å². The smallest absolute Gasteiger partial charge is 0.161 e. The third-order valence-electron chi connectivity index (χ3n) is 9.62. The van der Waals surface area contributed by atoms with E-state index in [9.17, 15) is 0 Å². The van der Waals surface area contributed by atoms with Gasteiger partial charge < -0.3 is 13.7 Å². The second-order valence-electron chi connectivity index (χ2n) is 12.6. The number of furan rings is 2. The number of anilines is 3. The highest BCUT2D eigenvalue weighted by Gasteiger charge is 2.18. The minimum absolute atomic E-state index is 0.796. The number of rotatable bonds is 6. The number of fused-ring (bicyclic) bond motifs is 6. The summed E-state index contributed by atoms with van der Waals surface area (Å²) < 4.78 is 12.6. The molecule has 0 saturated carbocycles. The Balaban J connectivity index is 1.06. The predicted molar refractivity (Wildman–Crippen MR) is 208 cm³/mol. The number of nitrogens with zero attached hydrogens (tertiary/aromatic N) is 3. The summed E-state index contributed by atoms with van der Waals surface area (Å²) in [6.07, 6.45) is 3.72. The lowest BCUT2D eigenvalue weighted by Gasteiger charge is -2.26. The van der Waals surface area contributed by atoms with E-state index < -0.39 is 0 Å². The molecule has 0 atom stereocenters. The molecule has 51 heavy (non-hydrogen) atoms. The number of hydrogen-bond donors (Lipinski definition) is 0. The van der Waals surface area contributed by atoms with Crippen LogP contribution in [0, 0.1) is 0 Å². The van der Waals surface area contributed by atoms with Crippen LogP contribution in [-0.4, -0.2) is 9.97 Å². The molecule has 0 unspecified atom stereocenters. The van der Waals surface area contributed by atoms with Crippen molar-refractivity contribution in [2.24, 2.45) is 0 Å². The lowest BCUT2D eigenvalue weighted by atomic mass is 10.0. The molecule has 5 nitrogen and oxygen atoms in total. The first-order chi connectivity index (χ1) is 25.3. The van der Waals surface area contributed by atoms with Gasteiger partial charge in [0.2, 0.25) is 0 Å². The van der Waals surface area contributed by atoms with Gasteiger partial charge in [-0.2, -0.15) is 0 Å². The van der Waals surface area contributed by atoms with Crippen molar-refractivity contribution in [2.45, 2.75) is 0 Å². The molecule has 10 rings (SSSR count). The van der Waals surface area contributed by atoms with Gasteiger partial charge in [-0.25, -0.2) is 0 Å². The van der Waals surface area contributed by atoms with Crippen LogP contribution in [-0.2, 0) is 0 Å². The monoisotopic (exact) mass is 655 g/mol. The summed E-state index contributed by atoms with van der Waals surface area (Å²) in [5.41, 5.74) is 14.7. The molecule has 0 aliphatic rings. The highest BCUT2D eigenvalue weighted by atomic mass is 16.3. The van der Waals surface area contributed by atoms with Crippen LogP contribution in [0.1, 0.15) is 0 Å². The van der Waals surface area contributed by atoms with E-state index in [2.05, 4.69) is 124 Å². The SMILES string of the molecule is c1ccc(-c2ccc(N(c3ccc(-c4ccnc5c4oc4ccccc45)cc3)c3ccc(-c4ccnc5c4oc4ccccc45)cc3)cc2)cc1. The molecule has 0 aliphatic carbocycles. The molecule has 10 aromatic rings. The maximum Gasteiger partial charge on any atom is 0.161 e. The fraction of sp³-hybridized carbons (Fsp3) is 0. The summed E-state index contributed by atoms with van der Waals surface area (Å²) in [7, 11) is 0. The zero-order valence-corrected chi connectivity index (χ0v) is 27.4. The van der Waals surface area contributed by atoms with Crippen molar-refractivity contribution >= 4 is 61.2 Å². The minimum atomic E-state index is 0.796. The van der Waals surface area contributed by atoms with Gasteiger partial charge in [-0.15, -0.1) is 0 Å². The average molecular weight is 656 g/mol. The first kappa shape index (κ1) is 29.0. The molecule has 6 aromatic carbocycles. The van der Waals surface area contributed by atoms with Crippen LogP contribution in [0.25, 0.3) is 77.5 Å². The summed E-state index contributed by atoms with van der Waals surface area (Å²) in [6.45, 7) is 0. The molecule has 0 radical (unpaired) electrons. The first-order valence-electron chi connectivity index (χ1n) is 17.0. The number of para-hydroxylation sites is 2. The summed E-state index contributed by atoms with van der Waals surface area (Å²) in [6, 6.07) is 56.7. The molecule has 5 heteroatoms. The van der Waals surface area contributed by atoms with E-state index in [1.54, 1.807) is 0 Å². The third kappa shape index (κ3) is 4.94. The second kappa shape index (κ2) is 11.9. The Bertz CT molecular complexity index is 2680. The molecule has 4 heterocycles. The summed E-state index contributed by atoms with van der Waals surface area (Å²) in [4.78, 5) is 11.6. The highest BCUT2D eigenvalue weighted by molar-refractivity contribution is 6.08. The molecule has 0 spiro atoms. The molecule has 0 N–H and O–H groups in total. The normalized spacial score (nSPS) is 11.5. The van der Waals surface area contributed by atoms with Crippen molar-refractivity contribution in [2.75, 3.05) is 4.90 Å². The Hall–Kier alpha value is -6.98. The fourth-order valence-electron chi connectivity index (χ4n) is 7.12. The Labute approximate surface area is 293 Å².